The molecule has 0 aliphatic heterocycles. The van der Waals surface area contributed by atoms with E-state index in [2.05, 4.69) is 4.98 Å². The molecule has 15 heavy (non-hydrogen) atoms. The molecule has 0 radical (unpaired) electrons. The van der Waals surface area contributed by atoms with Gasteiger partial charge in [-0.05, 0) is 12.5 Å². The zero-order chi connectivity index (χ0) is 10.7. The van der Waals surface area contributed by atoms with Crippen molar-refractivity contribution in [3.8, 4) is 0 Å². The average molecular weight is 200 g/mol. The number of Topliss-reactive ketones (excluding diaryl/α,β-unsaturated/α-hetero) is 1. The van der Waals surface area contributed by atoms with Gasteiger partial charge in [-0.3, -0.25) is 4.79 Å². The highest BCUT2D eigenvalue weighted by Crippen LogP contribution is 2.18. The van der Waals surface area contributed by atoms with Gasteiger partial charge in [0, 0.05) is 12.4 Å². The second-order valence-corrected chi connectivity index (χ2v) is 3.43. The molecule has 2 rings (SSSR count). The molecule has 3 nitrogen and oxygen atoms in total. The van der Waals surface area contributed by atoms with Crippen molar-refractivity contribution >= 4 is 5.78 Å². The van der Waals surface area contributed by atoms with Crippen LogP contribution in [-0.4, -0.2) is 15.3 Å². The lowest BCUT2D eigenvalue weighted by Crippen LogP contribution is -2.16. The maximum atomic E-state index is 11.6. The maximum Gasteiger partial charge on any atom is 0.157 e. The van der Waals surface area contributed by atoms with Crippen molar-refractivity contribution in [2.45, 2.75) is 13.0 Å². The molecular weight excluding hydrogens is 188 g/mol. The predicted molar refractivity (Wildman–Crippen MR) is 57.5 cm³/mol. The molecule has 0 saturated heterocycles. The summed E-state index contributed by atoms with van der Waals surface area (Å²) in [7, 11) is 0. The molecule has 0 aliphatic carbocycles. The molecule has 2 aromatic rings. The van der Waals surface area contributed by atoms with Gasteiger partial charge >= 0.3 is 0 Å². The summed E-state index contributed by atoms with van der Waals surface area (Å²) < 4.78 is 1.82. The second kappa shape index (κ2) is 4.09. The van der Waals surface area contributed by atoms with Crippen LogP contribution in [0.2, 0.25) is 0 Å². The van der Waals surface area contributed by atoms with Crippen LogP contribution in [0.4, 0.5) is 0 Å². The van der Waals surface area contributed by atoms with Gasteiger partial charge in [-0.25, -0.2) is 4.98 Å². The lowest BCUT2D eigenvalue weighted by atomic mass is 10.0. The van der Waals surface area contributed by atoms with Gasteiger partial charge in [0.1, 0.15) is 6.04 Å². The molecule has 3 heteroatoms. The number of rotatable bonds is 3. The maximum absolute atomic E-state index is 11.6. The Morgan fingerprint density at radius 3 is 2.60 bits per heavy atom. The third kappa shape index (κ3) is 1.96. The van der Waals surface area contributed by atoms with Crippen molar-refractivity contribution < 1.29 is 4.79 Å². The molecule has 1 atom stereocenters. The molecule has 76 valence electrons. The monoisotopic (exact) mass is 200 g/mol. The third-order valence-electron chi connectivity index (χ3n) is 2.32. The highest BCUT2D eigenvalue weighted by Gasteiger charge is 2.17. The average Bonchev–Trinajstić information content (AvgIpc) is 2.72. The Balaban J connectivity index is 2.42. The van der Waals surface area contributed by atoms with E-state index in [9.17, 15) is 4.79 Å². The van der Waals surface area contributed by atoms with E-state index >= 15 is 0 Å². The number of hydrogen-bond donors (Lipinski definition) is 0. The minimum atomic E-state index is -0.256. The molecule has 0 aliphatic rings. The van der Waals surface area contributed by atoms with E-state index in [1.54, 1.807) is 25.6 Å². The van der Waals surface area contributed by atoms with Crippen LogP contribution in [-0.2, 0) is 4.79 Å². The first-order valence-electron chi connectivity index (χ1n) is 4.82. The van der Waals surface area contributed by atoms with E-state index in [0.29, 0.717) is 0 Å². The number of carbonyl (C=O) groups excluding carboxylic acids is 1. The van der Waals surface area contributed by atoms with Crippen LogP contribution in [0, 0.1) is 0 Å². The first-order valence-corrected chi connectivity index (χ1v) is 4.82. The Morgan fingerprint density at radius 2 is 2.07 bits per heavy atom. The van der Waals surface area contributed by atoms with E-state index in [4.69, 9.17) is 0 Å². The molecule has 0 saturated carbocycles. The van der Waals surface area contributed by atoms with Gasteiger partial charge in [-0.15, -0.1) is 0 Å². The molecule has 1 heterocycles. The van der Waals surface area contributed by atoms with Crippen molar-refractivity contribution in [3.05, 3.63) is 54.6 Å². The SMILES string of the molecule is CC(=O)C(c1ccccc1)n1ccnc1. The van der Waals surface area contributed by atoms with E-state index in [1.165, 1.54) is 0 Å². The summed E-state index contributed by atoms with van der Waals surface area (Å²) >= 11 is 0. The smallest absolute Gasteiger partial charge is 0.157 e. The number of nitrogens with zero attached hydrogens (tertiary/aromatic N) is 2. The molecular formula is C12H12N2O. The summed E-state index contributed by atoms with van der Waals surface area (Å²) in [5.41, 5.74) is 0.989. The van der Waals surface area contributed by atoms with E-state index in [1.807, 2.05) is 34.9 Å². The van der Waals surface area contributed by atoms with Gasteiger partial charge in [0.05, 0.1) is 6.33 Å². The number of aromatic nitrogens is 2. The first-order chi connectivity index (χ1) is 7.29. The summed E-state index contributed by atoms with van der Waals surface area (Å²) in [5, 5.41) is 0. The fourth-order valence-electron chi connectivity index (χ4n) is 1.67. The zero-order valence-electron chi connectivity index (χ0n) is 8.50. The zero-order valence-corrected chi connectivity index (χ0v) is 8.50. The predicted octanol–water partition coefficient (Wildman–Crippen LogP) is 2.06. The fraction of sp³-hybridized carbons (Fsp3) is 0.167. The van der Waals surface area contributed by atoms with Gasteiger partial charge in [0.15, 0.2) is 5.78 Å². The Kier molecular flexibility index (Phi) is 2.63. The van der Waals surface area contributed by atoms with E-state index < -0.39 is 0 Å². The van der Waals surface area contributed by atoms with E-state index in [0.717, 1.165) is 5.56 Å². The second-order valence-electron chi connectivity index (χ2n) is 3.43. The Bertz CT molecular complexity index is 434. The van der Waals surface area contributed by atoms with Gasteiger partial charge in [-0.1, -0.05) is 30.3 Å². The molecule has 0 spiro atoms. The third-order valence-corrected chi connectivity index (χ3v) is 2.32. The van der Waals surface area contributed by atoms with Crippen molar-refractivity contribution in [1.29, 1.82) is 0 Å². The molecule has 1 unspecified atom stereocenters. The van der Waals surface area contributed by atoms with Crippen molar-refractivity contribution in [1.82, 2.24) is 9.55 Å². The summed E-state index contributed by atoms with van der Waals surface area (Å²) in [6, 6.07) is 9.45. The molecule has 1 aromatic carbocycles. The van der Waals surface area contributed by atoms with Gasteiger partial charge in [-0.2, -0.15) is 0 Å². The van der Waals surface area contributed by atoms with Gasteiger partial charge in [0.25, 0.3) is 0 Å². The number of benzene rings is 1. The van der Waals surface area contributed by atoms with Crippen LogP contribution in [0.25, 0.3) is 0 Å². The number of hydrogen-bond acceptors (Lipinski definition) is 2. The summed E-state index contributed by atoms with van der Waals surface area (Å²) in [6.45, 7) is 1.59. The normalized spacial score (nSPS) is 12.3. The molecule has 0 amide bonds. The largest absolute Gasteiger partial charge is 0.323 e. The molecule has 0 N–H and O–H groups in total. The Morgan fingerprint density at radius 1 is 1.33 bits per heavy atom. The highest BCUT2D eigenvalue weighted by atomic mass is 16.1. The van der Waals surface area contributed by atoms with Crippen LogP contribution < -0.4 is 0 Å². The van der Waals surface area contributed by atoms with Crippen LogP contribution in [0.3, 0.4) is 0 Å². The molecule has 0 bridgehead atoms. The topological polar surface area (TPSA) is 34.9 Å². The Labute approximate surface area is 88.4 Å². The minimum Gasteiger partial charge on any atom is -0.323 e. The minimum absolute atomic E-state index is 0.110. The van der Waals surface area contributed by atoms with Gasteiger partial charge < -0.3 is 4.57 Å². The Hall–Kier alpha value is -1.90. The van der Waals surface area contributed by atoms with Crippen LogP contribution in [0.15, 0.2) is 49.1 Å². The number of ketones is 1. The summed E-state index contributed by atoms with van der Waals surface area (Å²) in [5.74, 6) is 0.110. The number of carbonyl (C=O) groups is 1. The summed E-state index contributed by atoms with van der Waals surface area (Å²) in [6.07, 6.45) is 5.15. The highest BCUT2D eigenvalue weighted by molar-refractivity contribution is 5.83. The lowest BCUT2D eigenvalue weighted by molar-refractivity contribution is -0.119. The first kappa shape index (κ1) is 9.65. The van der Waals surface area contributed by atoms with Crippen LogP contribution >= 0.6 is 0 Å². The molecule has 1 aromatic heterocycles. The van der Waals surface area contributed by atoms with Crippen LogP contribution in [0.1, 0.15) is 18.5 Å². The van der Waals surface area contributed by atoms with Crippen molar-refractivity contribution in [2.24, 2.45) is 0 Å². The fourth-order valence-corrected chi connectivity index (χ4v) is 1.67. The quantitative estimate of drug-likeness (QED) is 0.760. The molecule has 0 fully saturated rings. The van der Waals surface area contributed by atoms with Crippen molar-refractivity contribution in [2.75, 3.05) is 0 Å². The van der Waals surface area contributed by atoms with Crippen molar-refractivity contribution in [3.63, 3.8) is 0 Å². The van der Waals surface area contributed by atoms with Crippen LogP contribution in [0.5, 0.6) is 0 Å². The summed E-state index contributed by atoms with van der Waals surface area (Å²) in [4.78, 5) is 15.6. The van der Waals surface area contributed by atoms with E-state index in [-0.39, 0.29) is 11.8 Å². The standard InChI is InChI=1S/C12H12N2O/c1-10(15)12(14-8-7-13-9-14)11-5-3-2-4-6-11/h2-9,12H,1H3. The lowest BCUT2D eigenvalue weighted by Gasteiger charge is -2.15. The van der Waals surface area contributed by atoms with Gasteiger partial charge in [0.2, 0.25) is 0 Å². The number of imidazole rings is 1.